The smallest absolute Gasteiger partial charge is 0.264 e. The van der Waals surface area contributed by atoms with Crippen molar-refractivity contribution in [3.8, 4) is 0 Å². The normalized spacial score (nSPS) is 11.7. The van der Waals surface area contributed by atoms with Crippen LogP contribution in [-0.4, -0.2) is 30.2 Å². The Balaban J connectivity index is 2.00. The summed E-state index contributed by atoms with van der Waals surface area (Å²) >= 11 is 0. The van der Waals surface area contributed by atoms with Crippen molar-refractivity contribution in [1.82, 2.24) is 4.90 Å². The van der Waals surface area contributed by atoms with Crippen LogP contribution in [-0.2, 0) is 23.2 Å². The minimum atomic E-state index is -3.89. The second-order valence-corrected chi connectivity index (χ2v) is 6.89. The summed E-state index contributed by atoms with van der Waals surface area (Å²) in [5.74, 6) is -0.201. The maximum absolute atomic E-state index is 10.9. The summed E-state index contributed by atoms with van der Waals surface area (Å²) in [5, 5.41) is 0. The fraction of sp³-hybridized carbons (Fsp3) is 0.294. The highest BCUT2D eigenvalue weighted by molar-refractivity contribution is 7.85. The van der Waals surface area contributed by atoms with E-state index in [4.69, 9.17) is 4.55 Å². The molecule has 0 spiro atoms. The molecule has 0 fully saturated rings. The number of benzene rings is 2. The summed E-state index contributed by atoms with van der Waals surface area (Å²) in [6, 6.07) is 20.2. The van der Waals surface area contributed by atoms with Crippen molar-refractivity contribution in [2.24, 2.45) is 0 Å². The predicted molar refractivity (Wildman–Crippen MR) is 88.0 cm³/mol. The highest BCUT2D eigenvalue weighted by Crippen LogP contribution is 2.10. The standard InChI is InChI=1S/C17H21NO3S/c19-22(20,21)13-7-12-18(14-16-8-3-1-4-9-16)15-17-10-5-2-6-11-17/h1-6,8-11H,7,12-15H2,(H,19,20,21). The zero-order chi connectivity index (χ0) is 15.8. The van der Waals surface area contributed by atoms with Crippen LogP contribution in [0.15, 0.2) is 60.7 Å². The van der Waals surface area contributed by atoms with Gasteiger partial charge in [-0.1, -0.05) is 60.7 Å². The number of nitrogens with zero attached hydrogens (tertiary/aromatic N) is 1. The van der Waals surface area contributed by atoms with Crippen molar-refractivity contribution in [1.29, 1.82) is 0 Å². The van der Waals surface area contributed by atoms with E-state index in [2.05, 4.69) is 29.2 Å². The van der Waals surface area contributed by atoms with E-state index in [0.29, 0.717) is 13.0 Å². The Morgan fingerprint density at radius 3 is 1.68 bits per heavy atom. The Labute approximate surface area is 132 Å². The van der Waals surface area contributed by atoms with Crippen LogP contribution in [0.3, 0.4) is 0 Å². The van der Waals surface area contributed by atoms with E-state index >= 15 is 0 Å². The first kappa shape index (κ1) is 16.7. The van der Waals surface area contributed by atoms with Gasteiger partial charge in [-0.05, 0) is 24.1 Å². The quantitative estimate of drug-likeness (QED) is 0.760. The van der Waals surface area contributed by atoms with Crippen molar-refractivity contribution >= 4 is 10.1 Å². The second kappa shape index (κ2) is 8.08. The van der Waals surface area contributed by atoms with Crippen LogP contribution in [0.25, 0.3) is 0 Å². The van der Waals surface area contributed by atoms with Gasteiger partial charge in [-0.3, -0.25) is 9.45 Å². The lowest BCUT2D eigenvalue weighted by Gasteiger charge is -2.22. The Morgan fingerprint density at radius 1 is 0.818 bits per heavy atom. The average Bonchev–Trinajstić information content (AvgIpc) is 2.48. The molecular formula is C17H21NO3S. The Hall–Kier alpha value is -1.69. The van der Waals surface area contributed by atoms with Gasteiger partial charge in [-0.2, -0.15) is 8.42 Å². The largest absolute Gasteiger partial charge is 0.295 e. The number of hydrogen-bond donors (Lipinski definition) is 1. The molecule has 0 amide bonds. The molecule has 1 N–H and O–H groups in total. The van der Waals surface area contributed by atoms with Gasteiger partial charge in [0.1, 0.15) is 0 Å². The zero-order valence-electron chi connectivity index (χ0n) is 12.4. The van der Waals surface area contributed by atoms with Gasteiger partial charge in [0.2, 0.25) is 0 Å². The third-order valence-electron chi connectivity index (χ3n) is 3.37. The molecule has 118 valence electrons. The van der Waals surface area contributed by atoms with Crippen molar-refractivity contribution < 1.29 is 13.0 Å². The number of rotatable bonds is 8. The molecule has 0 saturated carbocycles. The van der Waals surface area contributed by atoms with Crippen LogP contribution < -0.4 is 0 Å². The summed E-state index contributed by atoms with van der Waals surface area (Å²) in [6.45, 7) is 2.12. The molecule has 0 bridgehead atoms. The van der Waals surface area contributed by atoms with Gasteiger partial charge in [0, 0.05) is 13.1 Å². The molecule has 0 heterocycles. The lowest BCUT2D eigenvalue weighted by molar-refractivity contribution is 0.257. The van der Waals surface area contributed by atoms with E-state index in [1.165, 1.54) is 11.1 Å². The molecule has 4 nitrogen and oxygen atoms in total. The van der Waals surface area contributed by atoms with Gasteiger partial charge in [0.25, 0.3) is 10.1 Å². The lowest BCUT2D eigenvalue weighted by Crippen LogP contribution is -2.25. The summed E-state index contributed by atoms with van der Waals surface area (Å²) < 4.78 is 30.6. The molecule has 0 aromatic heterocycles. The summed E-state index contributed by atoms with van der Waals surface area (Å²) in [5.41, 5.74) is 2.37. The maximum atomic E-state index is 10.9. The van der Waals surface area contributed by atoms with Gasteiger partial charge in [-0.25, -0.2) is 0 Å². The van der Waals surface area contributed by atoms with E-state index < -0.39 is 10.1 Å². The third kappa shape index (κ3) is 6.39. The second-order valence-electron chi connectivity index (χ2n) is 5.32. The van der Waals surface area contributed by atoms with Crippen LogP contribution in [0.5, 0.6) is 0 Å². The molecule has 0 atom stereocenters. The van der Waals surface area contributed by atoms with Gasteiger partial charge < -0.3 is 0 Å². The molecule has 22 heavy (non-hydrogen) atoms. The highest BCUT2D eigenvalue weighted by Gasteiger charge is 2.10. The third-order valence-corrected chi connectivity index (χ3v) is 4.18. The number of hydrogen-bond acceptors (Lipinski definition) is 3. The Bertz CT molecular complexity index is 615. The van der Waals surface area contributed by atoms with Crippen LogP contribution in [0.4, 0.5) is 0 Å². The predicted octanol–water partition coefficient (Wildman–Crippen LogP) is 2.97. The van der Waals surface area contributed by atoms with Gasteiger partial charge in [0.15, 0.2) is 0 Å². The average molecular weight is 319 g/mol. The Kier molecular flexibility index (Phi) is 6.12. The molecule has 0 aliphatic heterocycles. The summed E-state index contributed by atoms with van der Waals surface area (Å²) in [7, 11) is -3.89. The van der Waals surface area contributed by atoms with E-state index in [-0.39, 0.29) is 5.75 Å². The first-order valence-corrected chi connectivity index (χ1v) is 8.89. The van der Waals surface area contributed by atoms with Gasteiger partial charge >= 0.3 is 0 Å². The first-order valence-electron chi connectivity index (χ1n) is 7.28. The molecule has 2 rings (SSSR count). The maximum Gasteiger partial charge on any atom is 0.264 e. The molecule has 0 unspecified atom stereocenters. The lowest BCUT2D eigenvalue weighted by atomic mass is 10.1. The van der Waals surface area contributed by atoms with Gasteiger partial charge in [0.05, 0.1) is 5.75 Å². The van der Waals surface area contributed by atoms with E-state index in [9.17, 15) is 8.42 Å². The van der Waals surface area contributed by atoms with Crippen LogP contribution in [0, 0.1) is 0 Å². The Morgan fingerprint density at radius 2 is 1.27 bits per heavy atom. The summed E-state index contributed by atoms with van der Waals surface area (Å²) in [6.07, 6.45) is 0.415. The molecule has 2 aromatic carbocycles. The SMILES string of the molecule is O=S(=O)(O)CCCN(Cc1ccccc1)Cc1ccccc1. The molecule has 0 saturated heterocycles. The molecule has 0 aliphatic rings. The van der Waals surface area contributed by atoms with E-state index in [1.54, 1.807) is 0 Å². The highest BCUT2D eigenvalue weighted by atomic mass is 32.2. The van der Waals surface area contributed by atoms with Crippen molar-refractivity contribution in [3.63, 3.8) is 0 Å². The van der Waals surface area contributed by atoms with Crippen LogP contribution >= 0.6 is 0 Å². The zero-order valence-corrected chi connectivity index (χ0v) is 13.2. The topological polar surface area (TPSA) is 57.6 Å². The van der Waals surface area contributed by atoms with Crippen LogP contribution in [0.1, 0.15) is 17.5 Å². The molecule has 2 aromatic rings. The fourth-order valence-electron chi connectivity index (χ4n) is 2.37. The van der Waals surface area contributed by atoms with E-state index in [1.807, 2.05) is 36.4 Å². The minimum absolute atomic E-state index is 0.201. The van der Waals surface area contributed by atoms with Crippen molar-refractivity contribution in [2.75, 3.05) is 12.3 Å². The molecule has 0 aliphatic carbocycles. The van der Waals surface area contributed by atoms with E-state index in [0.717, 1.165) is 13.1 Å². The molecular weight excluding hydrogens is 298 g/mol. The van der Waals surface area contributed by atoms with Crippen LogP contribution in [0.2, 0.25) is 0 Å². The van der Waals surface area contributed by atoms with Crippen molar-refractivity contribution in [3.05, 3.63) is 71.8 Å². The van der Waals surface area contributed by atoms with Gasteiger partial charge in [-0.15, -0.1) is 0 Å². The molecule has 0 radical (unpaired) electrons. The summed E-state index contributed by atoms with van der Waals surface area (Å²) in [4.78, 5) is 2.19. The fourth-order valence-corrected chi connectivity index (χ4v) is 2.86. The first-order chi connectivity index (χ1) is 10.5. The molecule has 5 heteroatoms. The van der Waals surface area contributed by atoms with Crippen molar-refractivity contribution in [2.45, 2.75) is 19.5 Å². The monoisotopic (exact) mass is 319 g/mol. The minimum Gasteiger partial charge on any atom is -0.295 e.